The minimum absolute atomic E-state index is 0.611. The predicted molar refractivity (Wildman–Crippen MR) is 39.2 cm³/mol. The number of terminal acetylenes is 1. The number of morpholine rings is 1. The van der Waals surface area contributed by atoms with Crippen molar-refractivity contribution in [1.82, 2.24) is 10.4 Å². The second kappa shape index (κ2) is 4.29. The highest BCUT2D eigenvalue weighted by Gasteiger charge is 2.07. The van der Waals surface area contributed by atoms with Gasteiger partial charge in [-0.3, -0.25) is 0 Å². The first-order valence-corrected chi connectivity index (χ1v) is 3.43. The second-order valence-electron chi connectivity index (χ2n) is 2.14. The van der Waals surface area contributed by atoms with E-state index < -0.39 is 0 Å². The molecule has 1 fully saturated rings. The molecule has 0 atom stereocenters. The third-order valence-electron chi connectivity index (χ3n) is 1.42. The third-order valence-corrected chi connectivity index (χ3v) is 1.42. The van der Waals surface area contributed by atoms with E-state index in [2.05, 4.69) is 16.4 Å². The molecule has 1 aliphatic heterocycles. The van der Waals surface area contributed by atoms with E-state index in [9.17, 15) is 0 Å². The van der Waals surface area contributed by atoms with E-state index in [1.54, 1.807) is 0 Å². The van der Waals surface area contributed by atoms with Gasteiger partial charge in [-0.1, -0.05) is 5.92 Å². The summed E-state index contributed by atoms with van der Waals surface area (Å²) in [5.41, 5.74) is 3.09. The van der Waals surface area contributed by atoms with Gasteiger partial charge < -0.3 is 4.74 Å². The smallest absolute Gasteiger partial charge is 0.0711 e. The maximum absolute atomic E-state index is 5.15. The highest BCUT2D eigenvalue weighted by atomic mass is 16.5. The Bertz CT molecular complexity index is 124. The van der Waals surface area contributed by atoms with Crippen LogP contribution in [0.1, 0.15) is 0 Å². The molecule has 0 aliphatic carbocycles. The molecule has 1 rings (SSSR count). The Labute approximate surface area is 61.3 Å². The molecule has 0 bridgehead atoms. The molecule has 0 spiro atoms. The fourth-order valence-electron chi connectivity index (χ4n) is 0.879. The predicted octanol–water partition coefficient (Wildman–Crippen LogP) is -0.544. The summed E-state index contributed by atoms with van der Waals surface area (Å²) in [6.45, 7) is 4.08. The molecular weight excluding hydrogens is 128 g/mol. The quantitative estimate of drug-likeness (QED) is 0.521. The van der Waals surface area contributed by atoms with E-state index in [-0.39, 0.29) is 0 Å². The van der Waals surface area contributed by atoms with Crippen LogP contribution in [0.15, 0.2) is 0 Å². The average Bonchev–Trinajstić information content (AvgIpc) is 2.03. The van der Waals surface area contributed by atoms with Gasteiger partial charge in [-0.15, -0.1) is 6.42 Å². The number of nitrogens with zero attached hydrogens (tertiary/aromatic N) is 1. The molecule has 0 aromatic heterocycles. The number of ether oxygens (including phenoxy) is 1. The number of hydrazine groups is 1. The first kappa shape index (κ1) is 7.55. The molecule has 3 heteroatoms. The highest BCUT2D eigenvalue weighted by molar-refractivity contribution is 4.85. The number of nitrogens with one attached hydrogen (secondary N) is 1. The molecule has 56 valence electrons. The summed E-state index contributed by atoms with van der Waals surface area (Å²) >= 11 is 0. The van der Waals surface area contributed by atoms with Crippen LogP contribution in [0, 0.1) is 12.3 Å². The van der Waals surface area contributed by atoms with Crippen molar-refractivity contribution in [2.24, 2.45) is 0 Å². The molecule has 0 aromatic rings. The molecule has 0 aromatic carbocycles. The SMILES string of the molecule is C#CCNN1CCOCC1. The van der Waals surface area contributed by atoms with Gasteiger partial charge in [0, 0.05) is 13.1 Å². The number of hydrogen-bond acceptors (Lipinski definition) is 3. The van der Waals surface area contributed by atoms with E-state index >= 15 is 0 Å². The van der Waals surface area contributed by atoms with Crippen molar-refractivity contribution in [3.63, 3.8) is 0 Å². The highest BCUT2D eigenvalue weighted by Crippen LogP contribution is 1.90. The molecule has 0 saturated carbocycles. The van der Waals surface area contributed by atoms with E-state index in [1.807, 2.05) is 0 Å². The summed E-state index contributed by atoms with van der Waals surface area (Å²) in [5.74, 6) is 2.52. The Morgan fingerprint density at radius 2 is 2.20 bits per heavy atom. The normalized spacial score (nSPS) is 20.3. The van der Waals surface area contributed by atoms with Gasteiger partial charge in [0.15, 0.2) is 0 Å². The van der Waals surface area contributed by atoms with E-state index in [4.69, 9.17) is 11.2 Å². The maximum atomic E-state index is 5.15. The van der Waals surface area contributed by atoms with Gasteiger partial charge in [-0.05, 0) is 0 Å². The molecule has 1 aliphatic rings. The van der Waals surface area contributed by atoms with Gasteiger partial charge >= 0.3 is 0 Å². The molecule has 0 unspecified atom stereocenters. The fourth-order valence-corrected chi connectivity index (χ4v) is 0.879. The van der Waals surface area contributed by atoms with E-state index in [0.717, 1.165) is 26.3 Å². The molecular formula is C7H12N2O. The summed E-state index contributed by atoms with van der Waals surface area (Å²) in [6.07, 6.45) is 5.08. The summed E-state index contributed by atoms with van der Waals surface area (Å²) in [7, 11) is 0. The lowest BCUT2D eigenvalue weighted by Gasteiger charge is -2.26. The zero-order valence-electron chi connectivity index (χ0n) is 5.97. The third kappa shape index (κ3) is 2.36. The number of rotatable bonds is 2. The summed E-state index contributed by atoms with van der Waals surface area (Å²) in [6, 6.07) is 0. The van der Waals surface area contributed by atoms with Gasteiger partial charge in [0.2, 0.25) is 0 Å². The van der Waals surface area contributed by atoms with Crippen molar-refractivity contribution in [1.29, 1.82) is 0 Å². The number of hydrogen-bond donors (Lipinski definition) is 1. The van der Waals surface area contributed by atoms with Crippen molar-refractivity contribution in [2.45, 2.75) is 0 Å². The average molecular weight is 140 g/mol. The lowest BCUT2D eigenvalue weighted by molar-refractivity contribution is 0.0147. The fraction of sp³-hybridized carbons (Fsp3) is 0.714. The molecule has 3 nitrogen and oxygen atoms in total. The van der Waals surface area contributed by atoms with Crippen LogP contribution in [0.4, 0.5) is 0 Å². The summed E-state index contributed by atoms with van der Waals surface area (Å²) in [5, 5.41) is 2.09. The van der Waals surface area contributed by atoms with Crippen LogP contribution >= 0.6 is 0 Å². The Kier molecular flexibility index (Phi) is 3.23. The molecule has 1 N–H and O–H groups in total. The minimum atomic E-state index is 0.611. The van der Waals surface area contributed by atoms with Crippen LogP contribution in [0.5, 0.6) is 0 Å². The molecule has 0 amide bonds. The lowest BCUT2D eigenvalue weighted by atomic mass is 10.5. The van der Waals surface area contributed by atoms with Crippen LogP contribution in [-0.2, 0) is 4.74 Å². The van der Waals surface area contributed by atoms with Gasteiger partial charge in [0.05, 0.1) is 19.8 Å². The topological polar surface area (TPSA) is 24.5 Å². The molecule has 0 radical (unpaired) electrons. The maximum Gasteiger partial charge on any atom is 0.0711 e. The molecule has 1 heterocycles. The first-order valence-electron chi connectivity index (χ1n) is 3.43. The van der Waals surface area contributed by atoms with E-state index in [1.165, 1.54) is 0 Å². The van der Waals surface area contributed by atoms with Crippen molar-refractivity contribution < 1.29 is 4.74 Å². The van der Waals surface area contributed by atoms with Crippen LogP contribution in [-0.4, -0.2) is 37.9 Å². The second-order valence-corrected chi connectivity index (χ2v) is 2.14. The molecule has 10 heavy (non-hydrogen) atoms. The minimum Gasteiger partial charge on any atom is -0.379 e. The summed E-state index contributed by atoms with van der Waals surface area (Å²) < 4.78 is 5.15. The van der Waals surface area contributed by atoms with Crippen LogP contribution in [0.25, 0.3) is 0 Å². The van der Waals surface area contributed by atoms with Crippen molar-refractivity contribution >= 4 is 0 Å². The van der Waals surface area contributed by atoms with Gasteiger partial charge in [-0.2, -0.15) is 0 Å². The standard InChI is InChI=1S/C7H12N2O/c1-2-3-8-9-4-6-10-7-5-9/h1,8H,3-7H2. The van der Waals surface area contributed by atoms with Gasteiger partial charge in [-0.25, -0.2) is 10.4 Å². The van der Waals surface area contributed by atoms with Crippen molar-refractivity contribution in [3.8, 4) is 12.3 Å². The van der Waals surface area contributed by atoms with Crippen LogP contribution in [0.3, 0.4) is 0 Å². The first-order chi connectivity index (χ1) is 4.93. The van der Waals surface area contributed by atoms with E-state index in [0.29, 0.717) is 6.54 Å². The van der Waals surface area contributed by atoms with Gasteiger partial charge in [0.1, 0.15) is 0 Å². The molecule has 1 saturated heterocycles. The van der Waals surface area contributed by atoms with Crippen LogP contribution < -0.4 is 5.43 Å². The Morgan fingerprint density at radius 3 is 2.80 bits per heavy atom. The summed E-state index contributed by atoms with van der Waals surface area (Å²) in [4.78, 5) is 0. The zero-order chi connectivity index (χ0) is 7.23. The largest absolute Gasteiger partial charge is 0.379 e. The van der Waals surface area contributed by atoms with Crippen molar-refractivity contribution in [3.05, 3.63) is 0 Å². The van der Waals surface area contributed by atoms with Crippen LogP contribution in [0.2, 0.25) is 0 Å². The lowest BCUT2D eigenvalue weighted by Crippen LogP contribution is -2.45. The zero-order valence-corrected chi connectivity index (χ0v) is 5.97. The van der Waals surface area contributed by atoms with Crippen molar-refractivity contribution in [2.75, 3.05) is 32.8 Å². The monoisotopic (exact) mass is 140 g/mol. The Hall–Kier alpha value is -0.560. The Balaban J connectivity index is 2.09. The Morgan fingerprint density at radius 1 is 1.50 bits per heavy atom. The van der Waals surface area contributed by atoms with Gasteiger partial charge in [0.25, 0.3) is 0 Å².